The van der Waals surface area contributed by atoms with Crippen molar-refractivity contribution in [1.82, 2.24) is 5.32 Å². The molecule has 0 aliphatic carbocycles. The summed E-state index contributed by atoms with van der Waals surface area (Å²) in [5, 5.41) is 24.0. The Labute approximate surface area is 431 Å². The summed E-state index contributed by atoms with van der Waals surface area (Å²) in [6.07, 6.45) is 68.2. The zero-order valence-electron chi connectivity index (χ0n) is 46.7. The minimum absolute atomic E-state index is 0.0735. The highest BCUT2D eigenvalue weighted by atomic mass is 16.5. The quantitative estimate of drug-likeness (QED) is 0.0321. The van der Waals surface area contributed by atoms with Crippen molar-refractivity contribution in [3.8, 4) is 0 Å². The van der Waals surface area contributed by atoms with Crippen molar-refractivity contribution in [2.75, 3.05) is 6.61 Å². The molecular weight excluding hydrogens is 851 g/mol. The zero-order chi connectivity index (χ0) is 50.2. The third kappa shape index (κ3) is 52.5. The summed E-state index contributed by atoms with van der Waals surface area (Å²) in [4.78, 5) is 26.3. The minimum atomic E-state index is -0.790. The van der Waals surface area contributed by atoms with Gasteiger partial charge in [-0.2, -0.15) is 0 Å². The molecule has 0 aromatic rings. The summed E-state index contributed by atoms with van der Waals surface area (Å²) in [7, 11) is 0. The average Bonchev–Trinajstić information content (AvgIpc) is 3.34. The number of aliphatic hydroxyl groups excluding tert-OH is 2. The Bertz CT molecular complexity index is 1090. The zero-order valence-corrected chi connectivity index (χ0v) is 46.7. The number of esters is 1. The Morgan fingerprint density at radius 1 is 0.406 bits per heavy atom. The van der Waals surface area contributed by atoms with Crippen LogP contribution in [0.3, 0.4) is 0 Å². The molecule has 69 heavy (non-hydrogen) atoms. The second-order valence-corrected chi connectivity index (χ2v) is 21.5. The van der Waals surface area contributed by atoms with Crippen LogP contribution in [0, 0.1) is 0 Å². The lowest BCUT2D eigenvalue weighted by Crippen LogP contribution is -2.46. The van der Waals surface area contributed by atoms with Crippen molar-refractivity contribution in [2.45, 2.75) is 360 Å². The molecule has 0 aromatic carbocycles. The summed E-state index contributed by atoms with van der Waals surface area (Å²) in [6.45, 7) is 6.53. The highest BCUT2D eigenvalue weighted by molar-refractivity contribution is 5.77. The number of hydrogen-bond acceptors (Lipinski definition) is 5. The number of aliphatic hydroxyl groups is 2. The Balaban J connectivity index is 4.51. The van der Waals surface area contributed by atoms with Gasteiger partial charge in [-0.05, 0) is 77.0 Å². The van der Waals surface area contributed by atoms with E-state index in [0.29, 0.717) is 19.3 Å². The molecule has 0 rings (SSSR count). The molecule has 0 heterocycles. The summed E-state index contributed by atoms with van der Waals surface area (Å²) >= 11 is 0. The predicted octanol–water partition coefficient (Wildman–Crippen LogP) is 19.4. The number of unbranched alkanes of at least 4 members (excludes halogenated alkanes) is 41. The van der Waals surface area contributed by atoms with Gasteiger partial charge in [0.1, 0.15) is 6.10 Å². The Morgan fingerprint density at radius 2 is 0.696 bits per heavy atom. The first-order valence-electron chi connectivity index (χ1n) is 31.1. The smallest absolute Gasteiger partial charge is 0.306 e. The van der Waals surface area contributed by atoms with Gasteiger partial charge in [0.25, 0.3) is 0 Å². The Hall–Kier alpha value is -1.66. The van der Waals surface area contributed by atoms with Crippen LogP contribution in [-0.4, -0.2) is 46.9 Å². The highest BCUT2D eigenvalue weighted by Gasteiger charge is 2.24. The van der Waals surface area contributed by atoms with Crippen LogP contribution in [0.15, 0.2) is 24.3 Å². The van der Waals surface area contributed by atoms with E-state index < -0.39 is 18.2 Å². The van der Waals surface area contributed by atoms with Crippen LogP contribution in [0.25, 0.3) is 0 Å². The van der Waals surface area contributed by atoms with Crippen molar-refractivity contribution in [2.24, 2.45) is 0 Å². The van der Waals surface area contributed by atoms with Gasteiger partial charge in [-0.25, -0.2) is 0 Å². The van der Waals surface area contributed by atoms with Crippen molar-refractivity contribution in [1.29, 1.82) is 0 Å². The maximum Gasteiger partial charge on any atom is 0.306 e. The van der Waals surface area contributed by atoms with Crippen LogP contribution in [0.1, 0.15) is 342 Å². The van der Waals surface area contributed by atoms with Gasteiger partial charge in [0, 0.05) is 6.42 Å². The van der Waals surface area contributed by atoms with Crippen molar-refractivity contribution in [3.05, 3.63) is 24.3 Å². The number of carbonyl (C=O) groups excluding carboxylic acids is 2. The molecule has 0 aliphatic rings. The SMILES string of the molecule is CCCCCCCC/C=C/CCCCCCCC(CC(=O)NC(CO)C(O)CCCCCCCCCCCCCCCCCCC)OC(=O)CCCCCCC/C=C/CCCCCCCCCCC. The molecule has 1 amide bonds. The Kier molecular flexibility index (Phi) is 55.9. The van der Waals surface area contributed by atoms with Crippen LogP contribution in [0.4, 0.5) is 0 Å². The molecule has 0 aromatic heterocycles. The molecule has 6 heteroatoms. The summed E-state index contributed by atoms with van der Waals surface area (Å²) in [5.74, 6) is -0.471. The summed E-state index contributed by atoms with van der Waals surface area (Å²) < 4.78 is 5.97. The first-order valence-corrected chi connectivity index (χ1v) is 31.1. The number of rotatable bonds is 57. The molecule has 3 N–H and O–H groups in total. The van der Waals surface area contributed by atoms with E-state index in [1.807, 2.05) is 0 Å². The lowest BCUT2D eigenvalue weighted by molar-refractivity contribution is -0.151. The molecule has 0 aliphatic heterocycles. The number of amides is 1. The lowest BCUT2D eigenvalue weighted by Gasteiger charge is -2.24. The molecule has 6 nitrogen and oxygen atoms in total. The van der Waals surface area contributed by atoms with Crippen LogP contribution < -0.4 is 5.32 Å². The first-order chi connectivity index (χ1) is 34.0. The van der Waals surface area contributed by atoms with E-state index in [1.54, 1.807) is 0 Å². The fourth-order valence-corrected chi connectivity index (χ4v) is 9.78. The number of nitrogens with one attached hydrogen (secondary N) is 1. The van der Waals surface area contributed by atoms with Crippen LogP contribution in [0.2, 0.25) is 0 Å². The normalized spacial score (nSPS) is 13.2. The second-order valence-electron chi connectivity index (χ2n) is 21.5. The molecule has 3 unspecified atom stereocenters. The van der Waals surface area contributed by atoms with Gasteiger partial charge in [0.15, 0.2) is 0 Å². The second kappa shape index (κ2) is 57.2. The van der Waals surface area contributed by atoms with Gasteiger partial charge >= 0.3 is 5.97 Å². The third-order valence-electron chi connectivity index (χ3n) is 14.5. The van der Waals surface area contributed by atoms with E-state index >= 15 is 0 Å². The van der Waals surface area contributed by atoms with Crippen LogP contribution >= 0.6 is 0 Å². The molecular formula is C63H121NO5. The van der Waals surface area contributed by atoms with Crippen LogP contribution in [-0.2, 0) is 14.3 Å². The molecule has 3 atom stereocenters. The molecule has 0 fully saturated rings. The fourth-order valence-electron chi connectivity index (χ4n) is 9.78. The molecule has 0 bridgehead atoms. The topological polar surface area (TPSA) is 95.9 Å². The van der Waals surface area contributed by atoms with Gasteiger partial charge < -0.3 is 20.3 Å². The van der Waals surface area contributed by atoms with Crippen molar-refractivity contribution < 1.29 is 24.5 Å². The van der Waals surface area contributed by atoms with Crippen molar-refractivity contribution in [3.63, 3.8) is 0 Å². The van der Waals surface area contributed by atoms with E-state index in [1.165, 1.54) is 231 Å². The first kappa shape index (κ1) is 67.3. The number of ether oxygens (including phenoxy) is 1. The molecule has 408 valence electrons. The van der Waals surface area contributed by atoms with Gasteiger partial charge in [-0.15, -0.1) is 0 Å². The monoisotopic (exact) mass is 972 g/mol. The summed E-state index contributed by atoms with van der Waals surface area (Å²) in [5.41, 5.74) is 0. The fraction of sp³-hybridized carbons (Fsp3) is 0.905. The summed E-state index contributed by atoms with van der Waals surface area (Å²) in [6, 6.07) is -0.704. The van der Waals surface area contributed by atoms with E-state index in [2.05, 4.69) is 50.4 Å². The third-order valence-corrected chi connectivity index (χ3v) is 14.5. The standard InChI is InChI=1S/C63H121NO5/c1-4-7-10-13-16-19-22-25-28-30-32-35-38-41-44-47-50-53-56-63(68)69-59(54-51-48-45-42-39-36-33-27-24-21-18-15-12-9-6-3)57-62(67)64-60(58-65)61(66)55-52-49-46-43-40-37-34-31-29-26-23-20-17-14-11-8-5-2/h27,32-33,35,59-61,65-66H,4-26,28-31,34,36-58H2,1-3H3,(H,64,67)/b33-27+,35-32+. The number of carbonyl (C=O) groups is 2. The molecule has 0 saturated carbocycles. The average molecular weight is 973 g/mol. The van der Waals surface area contributed by atoms with E-state index in [4.69, 9.17) is 4.74 Å². The van der Waals surface area contributed by atoms with Gasteiger partial charge in [-0.3, -0.25) is 9.59 Å². The number of allylic oxidation sites excluding steroid dienone is 4. The lowest BCUT2D eigenvalue weighted by atomic mass is 10.0. The van der Waals surface area contributed by atoms with Gasteiger partial charge in [-0.1, -0.05) is 276 Å². The van der Waals surface area contributed by atoms with Crippen LogP contribution in [0.5, 0.6) is 0 Å². The molecule has 0 radical (unpaired) electrons. The van der Waals surface area contributed by atoms with Gasteiger partial charge in [0.2, 0.25) is 5.91 Å². The van der Waals surface area contributed by atoms with E-state index in [9.17, 15) is 19.8 Å². The molecule has 0 saturated heterocycles. The largest absolute Gasteiger partial charge is 0.462 e. The molecule has 0 spiro atoms. The Morgan fingerprint density at radius 3 is 1.03 bits per heavy atom. The maximum absolute atomic E-state index is 13.3. The van der Waals surface area contributed by atoms with E-state index in [0.717, 1.165) is 64.2 Å². The van der Waals surface area contributed by atoms with Crippen molar-refractivity contribution >= 4 is 11.9 Å². The maximum atomic E-state index is 13.3. The predicted molar refractivity (Wildman–Crippen MR) is 301 cm³/mol. The highest BCUT2D eigenvalue weighted by Crippen LogP contribution is 2.19. The van der Waals surface area contributed by atoms with E-state index in [-0.39, 0.29) is 24.9 Å². The van der Waals surface area contributed by atoms with Gasteiger partial charge in [0.05, 0.1) is 25.2 Å². The minimum Gasteiger partial charge on any atom is -0.462 e. The number of hydrogen-bond donors (Lipinski definition) is 3.